The first-order valence-corrected chi connectivity index (χ1v) is 11.9. The Labute approximate surface area is 216 Å². The third-order valence-electron chi connectivity index (χ3n) is 4.82. The van der Waals surface area contributed by atoms with Gasteiger partial charge in [0.2, 0.25) is 0 Å². The van der Waals surface area contributed by atoms with E-state index in [1.165, 1.54) is 17.1 Å². The molecule has 1 aliphatic heterocycles. The molecule has 3 aromatic rings. The molecular weight excluding hydrogens is 650 g/mol. The van der Waals surface area contributed by atoms with Crippen LogP contribution in [-0.4, -0.2) is 22.9 Å². The van der Waals surface area contributed by atoms with Crippen molar-refractivity contribution in [3.63, 3.8) is 0 Å². The van der Waals surface area contributed by atoms with Gasteiger partial charge in [-0.1, -0.05) is 30.3 Å². The summed E-state index contributed by atoms with van der Waals surface area (Å²) in [7, 11) is 0. The molecule has 33 heavy (non-hydrogen) atoms. The number of carbonyl (C=O) groups excluding carboxylic acids is 2. The Kier molecular flexibility index (Phi) is 6.98. The molecule has 0 unspecified atom stereocenters. The van der Waals surface area contributed by atoms with Gasteiger partial charge in [-0.15, -0.1) is 0 Å². The molecule has 0 aliphatic carbocycles. The number of hydrogen-bond acceptors (Lipinski definition) is 4. The van der Waals surface area contributed by atoms with Crippen LogP contribution in [-0.2, 0) is 16.2 Å². The monoisotopic (exact) mass is 666 g/mol. The van der Waals surface area contributed by atoms with Crippen molar-refractivity contribution in [3.05, 3.63) is 96.1 Å². The molecule has 2 amide bonds. The molecule has 4 rings (SSSR count). The number of carboxylic acids is 1. The Morgan fingerprint density at radius 1 is 1.00 bits per heavy atom. The number of nitrogens with one attached hydrogen (secondary N) is 1. The molecule has 1 fully saturated rings. The van der Waals surface area contributed by atoms with Crippen molar-refractivity contribution in [2.75, 3.05) is 5.01 Å². The summed E-state index contributed by atoms with van der Waals surface area (Å²) in [6.07, 6.45) is 1.57. The van der Waals surface area contributed by atoms with Crippen LogP contribution in [0, 0.1) is 7.14 Å². The molecule has 1 heterocycles. The summed E-state index contributed by atoms with van der Waals surface area (Å²) in [5.74, 6) is -1.17. The van der Waals surface area contributed by atoms with Crippen molar-refractivity contribution in [2.45, 2.75) is 6.61 Å². The molecule has 0 spiro atoms. The highest BCUT2D eigenvalue weighted by Gasteiger charge is 2.34. The minimum absolute atomic E-state index is 0.0534. The van der Waals surface area contributed by atoms with Crippen LogP contribution in [0.4, 0.5) is 5.69 Å². The molecule has 2 N–H and O–H groups in total. The molecule has 166 valence electrons. The second kappa shape index (κ2) is 9.91. The average molecular weight is 666 g/mol. The summed E-state index contributed by atoms with van der Waals surface area (Å²) < 4.78 is 7.60. The maximum Gasteiger partial charge on any atom is 0.335 e. The lowest BCUT2D eigenvalue weighted by molar-refractivity contribution is -0.117. The molecule has 0 saturated carbocycles. The molecule has 0 radical (unpaired) electrons. The second-order valence-corrected chi connectivity index (χ2v) is 9.40. The molecule has 1 saturated heterocycles. The predicted octanol–water partition coefficient (Wildman–Crippen LogP) is 4.63. The fraction of sp³-hybridized carbons (Fsp3) is 0.0417. The first-order valence-electron chi connectivity index (χ1n) is 9.70. The van der Waals surface area contributed by atoms with Gasteiger partial charge in [-0.2, -0.15) is 0 Å². The highest BCUT2D eigenvalue weighted by atomic mass is 127. The highest BCUT2D eigenvalue weighted by Crippen LogP contribution is 2.31. The number of benzene rings is 3. The number of hydrazine groups is 1. The molecule has 1 aliphatic rings. The van der Waals surface area contributed by atoms with E-state index in [1.807, 2.05) is 18.2 Å². The Hall–Kier alpha value is -2.93. The molecule has 0 aromatic heterocycles. The van der Waals surface area contributed by atoms with E-state index in [0.717, 1.165) is 12.7 Å². The van der Waals surface area contributed by atoms with Crippen LogP contribution in [0.25, 0.3) is 6.08 Å². The largest absolute Gasteiger partial charge is 0.487 e. The van der Waals surface area contributed by atoms with Crippen LogP contribution in [0.1, 0.15) is 21.5 Å². The van der Waals surface area contributed by atoms with Crippen molar-refractivity contribution in [3.8, 4) is 5.75 Å². The number of hydrogen-bond donors (Lipinski definition) is 2. The van der Waals surface area contributed by atoms with E-state index in [9.17, 15) is 14.4 Å². The third-order valence-corrected chi connectivity index (χ3v) is 6.42. The van der Waals surface area contributed by atoms with Gasteiger partial charge >= 0.3 is 5.97 Å². The van der Waals surface area contributed by atoms with Gasteiger partial charge in [-0.25, -0.2) is 9.80 Å². The third kappa shape index (κ3) is 5.19. The zero-order chi connectivity index (χ0) is 23.5. The molecule has 0 atom stereocenters. The van der Waals surface area contributed by atoms with Crippen LogP contribution >= 0.6 is 45.2 Å². The smallest absolute Gasteiger partial charge is 0.335 e. The predicted molar refractivity (Wildman–Crippen MR) is 140 cm³/mol. The van der Waals surface area contributed by atoms with E-state index in [0.29, 0.717) is 17.0 Å². The van der Waals surface area contributed by atoms with E-state index in [2.05, 4.69) is 50.6 Å². The Morgan fingerprint density at radius 2 is 1.64 bits per heavy atom. The van der Waals surface area contributed by atoms with Crippen molar-refractivity contribution in [1.82, 2.24) is 5.43 Å². The maximum absolute atomic E-state index is 12.8. The fourth-order valence-corrected chi connectivity index (χ4v) is 5.31. The van der Waals surface area contributed by atoms with Crippen molar-refractivity contribution >= 4 is 74.7 Å². The van der Waals surface area contributed by atoms with Crippen molar-refractivity contribution < 1.29 is 24.2 Å². The topological polar surface area (TPSA) is 95.9 Å². The minimum Gasteiger partial charge on any atom is -0.487 e. The van der Waals surface area contributed by atoms with Gasteiger partial charge < -0.3 is 9.84 Å². The average Bonchev–Trinajstić information content (AvgIpc) is 3.08. The first-order chi connectivity index (χ1) is 15.8. The molecule has 7 nitrogen and oxygen atoms in total. The van der Waals surface area contributed by atoms with E-state index in [1.54, 1.807) is 42.5 Å². The molecule has 3 aromatic carbocycles. The van der Waals surface area contributed by atoms with Gasteiger partial charge in [0, 0.05) is 0 Å². The highest BCUT2D eigenvalue weighted by molar-refractivity contribution is 14.1. The van der Waals surface area contributed by atoms with Gasteiger partial charge in [0.1, 0.15) is 17.9 Å². The number of aromatic carboxylic acids is 1. The standard InChI is InChI=1S/C24H16I2N2O5/c25-19-11-15(10-18-22(29)27-28(23(18)30)17-4-2-1-3-5-17)12-20(26)21(19)33-13-14-6-8-16(9-7-14)24(31)32/h1-12H,13H2,(H,27,29)(H,31,32)/b18-10-. The minimum atomic E-state index is -0.974. The number of carboxylic acid groups (broad SMARTS) is 1. The SMILES string of the molecule is O=C1NN(c2ccccc2)C(=O)/C1=C\c1cc(I)c(OCc2ccc(C(=O)O)cc2)c(I)c1. The zero-order valence-electron chi connectivity index (χ0n) is 16.9. The van der Waals surface area contributed by atoms with Crippen LogP contribution in [0.5, 0.6) is 5.75 Å². The van der Waals surface area contributed by atoms with Gasteiger partial charge in [-0.05, 0) is 98.8 Å². The number of halogens is 2. The number of para-hydroxylation sites is 1. The van der Waals surface area contributed by atoms with E-state index < -0.39 is 17.8 Å². The molecule has 0 bridgehead atoms. The number of nitrogens with zero attached hydrogens (tertiary/aromatic N) is 1. The van der Waals surface area contributed by atoms with E-state index in [4.69, 9.17) is 9.84 Å². The zero-order valence-corrected chi connectivity index (χ0v) is 21.2. The summed E-state index contributed by atoms with van der Waals surface area (Å²) >= 11 is 4.29. The number of carbonyl (C=O) groups is 3. The summed E-state index contributed by atoms with van der Waals surface area (Å²) in [4.78, 5) is 36.2. The van der Waals surface area contributed by atoms with Crippen LogP contribution in [0.2, 0.25) is 0 Å². The maximum atomic E-state index is 12.8. The lowest BCUT2D eigenvalue weighted by atomic mass is 10.1. The number of rotatable bonds is 6. The fourth-order valence-electron chi connectivity index (χ4n) is 3.18. The van der Waals surface area contributed by atoms with Crippen LogP contribution in [0.15, 0.2) is 72.3 Å². The summed E-state index contributed by atoms with van der Waals surface area (Å²) in [6.45, 7) is 0.277. The summed E-state index contributed by atoms with van der Waals surface area (Å²) in [5.41, 5.74) is 4.99. The van der Waals surface area contributed by atoms with Gasteiger partial charge in [0.05, 0.1) is 18.4 Å². The van der Waals surface area contributed by atoms with Gasteiger partial charge in [0.25, 0.3) is 11.8 Å². The Bertz CT molecular complexity index is 1250. The first kappa shape index (κ1) is 23.2. The Balaban J connectivity index is 1.52. The number of anilines is 1. The number of ether oxygens (including phenoxy) is 1. The van der Waals surface area contributed by atoms with Gasteiger partial charge in [0.15, 0.2) is 0 Å². The van der Waals surface area contributed by atoms with E-state index in [-0.39, 0.29) is 17.7 Å². The molecular formula is C24H16I2N2O5. The second-order valence-electron chi connectivity index (χ2n) is 7.08. The van der Waals surface area contributed by atoms with Gasteiger partial charge in [-0.3, -0.25) is 15.0 Å². The van der Waals surface area contributed by atoms with Crippen molar-refractivity contribution in [2.24, 2.45) is 0 Å². The van der Waals surface area contributed by atoms with E-state index >= 15 is 0 Å². The van der Waals surface area contributed by atoms with Crippen LogP contribution < -0.4 is 15.2 Å². The quantitative estimate of drug-likeness (QED) is 0.228. The van der Waals surface area contributed by atoms with Crippen molar-refractivity contribution in [1.29, 1.82) is 0 Å². The number of amides is 2. The lowest BCUT2D eigenvalue weighted by Crippen LogP contribution is -2.35. The summed E-state index contributed by atoms with van der Waals surface area (Å²) in [5, 5.41) is 10.2. The summed E-state index contributed by atoms with van der Waals surface area (Å²) in [6, 6.07) is 19.1. The lowest BCUT2D eigenvalue weighted by Gasteiger charge is -2.14. The van der Waals surface area contributed by atoms with Crippen LogP contribution in [0.3, 0.4) is 0 Å². The Morgan fingerprint density at radius 3 is 2.24 bits per heavy atom. The normalized spacial score (nSPS) is 14.5. The molecule has 9 heteroatoms.